The number of hydrogen-bond donors (Lipinski definition) is 2. The highest BCUT2D eigenvalue weighted by Gasteiger charge is 2.15. The number of hydrogen-bond acceptors (Lipinski definition) is 2. The molecule has 2 aromatic heterocycles. The number of para-hydroxylation sites is 1. The maximum atomic E-state index is 13.2. The van der Waals surface area contributed by atoms with Gasteiger partial charge < -0.3 is 15.2 Å². The number of nitrogens with zero attached hydrogens (tertiary/aromatic N) is 2. The van der Waals surface area contributed by atoms with Gasteiger partial charge in [-0.2, -0.15) is 0 Å². The van der Waals surface area contributed by atoms with Gasteiger partial charge in [-0.1, -0.05) is 24.3 Å². The summed E-state index contributed by atoms with van der Waals surface area (Å²) in [6, 6.07) is 20.4. The Bertz CT molecular complexity index is 1140. The van der Waals surface area contributed by atoms with E-state index in [-0.39, 0.29) is 5.82 Å². The Morgan fingerprint density at radius 2 is 1.83 bits per heavy atom. The van der Waals surface area contributed by atoms with E-state index in [2.05, 4.69) is 45.3 Å². The van der Waals surface area contributed by atoms with Gasteiger partial charge in [-0.25, -0.2) is 4.39 Å². The number of thiocarbonyl (C=S) groups is 1. The van der Waals surface area contributed by atoms with E-state index in [0.717, 1.165) is 29.9 Å². The molecule has 0 unspecified atom stereocenters. The third-order valence-electron chi connectivity index (χ3n) is 5.12. The zero-order valence-electron chi connectivity index (χ0n) is 16.7. The normalized spacial score (nSPS) is 10.9. The monoisotopic (exact) mass is 418 g/mol. The number of aromatic amines is 1. The molecule has 0 aliphatic heterocycles. The van der Waals surface area contributed by atoms with Crippen LogP contribution in [0.15, 0.2) is 72.9 Å². The third kappa shape index (κ3) is 4.66. The summed E-state index contributed by atoms with van der Waals surface area (Å²) in [6.07, 6.45) is 2.63. The summed E-state index contributed by atoms with van der Waals surface area (Å²) in [5.74, 6) is -0.272. The van der Waals surface area contributed by atoms with Crippen molar-refractivity contribution in [3.8, 4) is 0 Å². The van der Waals surface area contributed by atoms with Crippen LogP contribution in [0.4, 0.5) is 10.1 Å². The van der Waals surface area contributed by atoms with Gasteiger partial charge in [0.2, 0.25) is 0 Å². The van der Waals surface area contributed by atoms with Crippen molar-refractivity contribution in [1.29, 1.82) is 0 Å². The number of pyridine rings is 1. The van der Waals surface area contributed by atoms with Crippen LogP contribution in [0.5, 0.6) is 0 Å². The highest BCUT2D eigenvalue weighted by Crippen LogP contribution is 2.23. The molecule has 152 valence electrons. The molecule has 0 saturated carbocycles. The fourth-order valence-electron chi connectivity index (χ4n) is 3.58. The molecular weight excluding hydrogens is 395 g/mol. The second-order valence-electron chi connectivity index (χ2n) is 7.20. The van der Waals surface area contributed by atoms with Gasteiger partial charge in [0.05, 0.1) is 12.2 Å². The second-order valence-corrected chi connectivity index (χ2v) is 7.59. The molecule has 0 bridgehead atoms. The molecule has 2 N–H and O–H groups in total. The first-order chi connectivity index (χ1) is 14.6. The maximum Gasteiger partial charge on any atom is 0.173 e. The summed E-state index contributed by atoms with van der Waals surface area (Å²) in [6.45, 7) is 3.43. The minimum atomic E-state index is -0.272. The van der Waals surface area contributed by atoms with Gasteiger partial charge in [-0.05, 0) is 73.6 Å². The predicted molar refractivity (Wildman–Crippen MR) is 124 cm³/mol. The molecule has 4 nitrogen and oxygen atoms in total. The van der Waals surface area contributed by atoms with Gasteiger partial charge in [0, 0.05) is 35.0 Å². The number of anilines is 1. The molecule has 0 atom stereocenters. The van der Waals surface area contributed by atoms with Crippen LogP contribution < -0.4 is 5.32 Å². The van der Waals surface area contributed by atoms with Crippen molar-refractivity contribution < 1.29 is 4.39 Å². The Balaban J connectivity index is 1.54. The summed E-state index contributed by atoms with van der Waals surface area (Å²) < 4.78 is 13.2. The first-order valence-corrected chi connectivity index (χ1v) is 10.3. The topological polar surface area (TPSA) is 44.0 Å². The molecule has 0 aliphatic carbocycles. The van der Waals surface area contributed by atoms with Crippen LogP contribution in [0.1, 0.15) is 17.0 Å². The molecular formula is C24H23FN4S. The van der Waals surface area contributed by atoms with E-state index in [1.807, 2.05) is 24.3 Å². The molecule has 4 rings (SSSR count). The number of benzene rings is 2. The van der Waals surface area contributed by atoms with Gasteiger partial charge in [-0.3, -0.25) is 4.98 Å². The van der Waals surface area contributed by atoms with E-state index >= 15 is 0 Å². The molecule has 2 aromatic carbocycles. The summed E-state index contributed by atoms with van der Waals surface area (Å²) >= 11 is 5.70. The van der Waals surface area contributed by atoms with Gasteiger partial charge >= 0.3 is 0 Å². The van der Waals surface area contributed by atoms with Gasteiger partial charge in [0.1, 0.15) is 5.82 Å². The van der Waals surface area contributed by atoms with Crippen molar-refractivity contribution in [2.45, 2.75) is 19.9 Å². The Labute approximate surface area is 180 Å². The molecule has 0 radical (unpaired) electrons. The molecule has 0 spiro atoms. The average Bonchev–Trinajstić information content (AvgIpc) is 3.08. The lowest BCUT2D eigenvalue weighted by Crippen LogP contribution is -2.36. The number of fused-ring (bicyclic) bond motifs is 1. The molecule has 0 amide bonds. The van der Waals surface area contributed by atoms with Crippen LogP contribution in [0.3, 0.4) is 0 Å². The van der Waals surface area contributed by atoms with Gasteiger partial charge in [0.15, 0.2) is 5.11 Å². The number of rotatable bonds is 6. The van der Waals surface area contributed by atoms with Crippen LogP contribution in [-0.4, -0.2) is 26.5 Å². The summed E-state index contributed by atoms with van der Waals surface area (Å²) in [5, 5.41) is 5.06. The number of halogens is 1. The van der Waals surface area contributed by atoms with E-state index in [4.69, 9.17) is 12.2 Å². The smallest absolute Gasteiger partial charge is 0.173 e. The Morgan fingerprint density at radius 3 is 2.60 bits per heavy atom. The van der Waals surface area contributed by atoms with Gasteiger partial charge in [0.25, 0.3) is 0 Å². The van der Waals surface area contributed by atoms with Crippen LogP contribution in [0.25, 0.3) is 10.9 Å². The van der Waals surface area contributed by atoms with Crippen LogP contribution in [0.2, 0.25) is 0 Å². The summed E-state index contributed by atoms with van der Waals surface area (Å²) in [4.78, 5) is 10.0. The number of nitrogens with one attached hydrogen (secondary N) is 2. The van der Waals surface area contributed by atoms with E-state index in [9.17, 15) is 4.39 Å². The van der Waals surface area contributed by atoms with Crippen molar-refractivity contribution in [3.05, 3.63) is 95.7 Å². The van der Waals surface area contributed by atoms with Crippen LogP contribution in [0, 0.1) is 12.7 Å². The first-order valence-electron chi connectivity index (χ1n) is 9.88. The van der Waals surface area contributed by atoms with Crippen molar-refractivity contribution in [3.63, 3.8) is 0 Å². The zero-order valence-corrected chi connectivity index (χ0v) is 17.5. The van der Waals surface area contributed by atoms with Crippen molar-refractivity contribution in [2.24, 2.45) is 0 Å². The van der Waals surface area contributed by atoms with Crippen molar-refractivity contribution in [1.82, 2.24) is 14.9 Å². The molecule has 2 heterocycles. The SMILES string of the molecule is Cc1[nH]c2ccccc2c1CCN(Cc1ccccn1)C(=S)Nc1ccc(F)cc1. The van der Waals surface area contributed by atoms with Gasteiger partial charge in [-0.15, -0.1) is 0 Å². The molecule has 0 fully saturated rings. The molecule has 30 heavy (non-hydrogen) atoms. The standard InChI is InChI=1S/C24H23FN4S/c1-17-21(22-7-2-3-8-23(22)27-17)13-15-29(16-20-6-4-5-14-26-20)24(30)28-19-11-9-18(25)10-12-19/h2-12,14,27H,13,15-16H2,1H3,(H,28,30). The highest BCUT2D eigenvalue weighted by molar-refractivity contribution is 7.80. The Hall–Kier alpha value is -3.25. The first kappa shape index (κ1) is 20.0. The predicted octanol–water partition coefficient (Wildman–Crippen LogP) is 5.45. The lowest BCUT2D eigenvalue weighted by atomic mass is 10.1. The fraction of sp³-hybridized carbons (Fsp3) is 0.167. The minimum absolute atomic E-state index is 0.272. The maximum absolute atomic E-state index is 13.2. The number of aryl methyl sites for hydroxylation is 1. The molecule has 0 aliphatic rings. The zero-order chi connectivity index (χ0) is 20.9. The van der Waals surface area contributed by atoms with Crippen molar-refractivity contribution in [2.75, 3.05) is 11.9 Å². The second kappa shape index (κ2) is 9.05. The van der Waals surface area contributed by atoms with Crippen molar-refractivity contribution >= 4 is 33.9 Å². The van der Waals surface area contributed by atoms with E-state index in [1.54, 1.807) is 18.3 Å². The van der Waals surface area contributed by atoms with Crippen LogP contribution >= 0.6 is 12.2 Å². The number of H-pyrrole nitrogens is 1. The summed E-state index contributed by atoms with van der Waals surface area (Å²) in [7, 11) is 0. The lowest BCUT2D eigenvalue weighted by molar-refractivity contribution is 0.417. The minimum Gasteiger partial charge on any atom is -0.358 e. The highest BCUT2D eigenvalue weighted by atomic mass is 32.1. The quantitative estimate of drug-likeness (QED) is 0.409. The third-order valence-corrected chi connectivity index (χ3v) is 5.48. The lowest BCUT2D eigenvalue weighted by Gasteiger charge is -2.26. The van der Waals surface area contributed by atoms with E-state index in [0.29, 0.717) is 11.7 Å². The van der Waals surface area contributed by atoms with E-state index in [1.165, 1.54) is 28.8 Å². The molecule has 6 heteroatoms. The Kier molecular flexibility index (Phi) is 6.05. The van der Waals surface area contributed by atoms with Crippen LogP contribution in [-0.2, 0) is 13.0 Å². The molecule has 0 saturated heterocycles. The fourth-order valence-corrected chi connectivity index (χ4v) is 3.85. The summed E-state index contributed by atoms with van der Waals surface area (Å²) in [5.41, 5.74) is 5.31. The van der Waals surface area contributed by atoms with E-state index < -0.39 is 0 Å². The average molecular weight is 419 g/mol. The largest absolute Gasteiger partial charge is 0.358 e. The Morgan fingerprint density at radius 1 is 1.07 bits per heavy atom. The number of aromatic nitrogens is 2. The molecule has 4 aromatic rings.